The average molecular weight is 277 g/mol. The van der Waals surface area contributed by atoms with Gasteiger partial charge >= 0.3 is 0 Å². The number of hydrogen-bond donors (Lipinski definition) is 1. The van der Waals surface area contributed by atoms with Crippen molar-refractivity contribution in [3.63, 3.8) is 0 Å². The van der Waals surface area contributed by atoms with Crippen molar-refractivity contribution in [2.24, 2.45) is 5.73 Å². The van der Waals surface area contributed by atoms with Gasteiger partial charge in [0.1, 0.15) is 0 Å². The molecule has 2 N–H and O–H groups in total. The lowest BCUT2D eigenvalue weighted by molar-refractivity contribution is 0.254. The maximum absolute atomic E-state index is 12.3. The summed E-state index contributed by atoms with van der Waals surface area (Å²) in [5, 5.41) is 0. The summed E-state index contributed by atoms with van der Waals surface area (Å²) in [6, 6.07) is 0.356. The van der Waals surface area contributed by atoms with E-state index < -0.39 is 10.2 Å². The van der Waals surface area contributed by atoms with Gasteiger partial charge in [0.15, 0.2) is 0 Å². The Balaban J connectivity index is 2.60. The van der Waals surface area contributed by atoms with Crippen LogP contribution >= 0.6 is 0 Å². The van der Waals surface area contributed by atoms with Crippen molar-refractivity contribution in [3.05, 3.63) is 0 Å². The molecule has 18 heavy (non-hydrogen) atoms. The Morgan fingerprint density at radius 3 is 2.22 bits per heavy atom. The fraction of sp³-hybridized carbons (Fsp3) is 1.00. The van der Waals surface area contributed by atoms with Crippen molar-refractivity contribution in [3.8, 4) is 0 Å². The second-order valence-electron chi connectivity index (χ2n) is 5.27. The summed E-state index contributed by atoms with van der Waals surface area (Å²) in [6.07, 6.45) is 5.49. The molecule has 0 spiro atoms. The SMILES string of the molecule is CCCCN(C)S(=O)(=O)N(C)C1CCC(N)CC1. The average Bonchev–Trinajstić information content (AvgIpc) is 2.35. The predicted molar refractivity (Wildman–Crippen MR) is 74.5 cm³/mol. The topological polar surface area (TPSA) is 66.6 Å². The van der Waals surface area contributed by atoms with Crippen molar-refractivity contribution in [1.29, 1.82) is 0 Å². The smallest absolute Gasteiger partial charge is 0.281 e. The molecule has 0 aromatic carbocycles. The van der Waals surface area contributed by atoms with Gasteiger partial charge in [0.2, 0.25) is 0 Å². The molecule has 1 aliphatic carbocycles. The van der Waals surface area contributed by atoms with Gasteiger partial charge in [-0.25, -0.2) is 0 Å². The lowest BCUT2D eigenvalue weighted by Crippen LogP contribution is -2.47. The molecule has 5 nitrogen and oxygen atoms in total. The van der Waals surface area contributed by atoms with E-state index in [4.69, 9.17) is 5.73 Å². The van der Waals surface area contributed by atoms with E-state index in [1.165, 1.54) is 8.61 Å². The van der Waals surface area contributed by atoms with Crippen LogP contribution in [0.25, 0.3) is 0 Å². The van der Waals surface area contributed by atoms with Crippen molar-refractivity contribution >= 4 is 10.2 Å². The summed E-state index contributed by atoms with van der Waals surface area (Å²) in [4.78, 5) is 0. The first kappa shape index (κ1) is 15.9. The van der Waals surface area contributed by atoms with Crippen LogP contribution in [-0.4, -0.2) is 49.8 Å². The van der Waals surface area contributed by atoms with Gasteiger partial charge in [-0.3, -0.25) is 0 Å². The van der Waals surface area contributed by atoms with Crippen molar-refractivity contribution in [2.75, 3.05) is 20.6 Å². The fourth-order valence-corrected chi connectivity index (χ4v) is 3.76. The molecule has 1 aliphatic rings. The second-order valence-corrected chi connectivity index (χ2v) is 7.36. The summed E-state index contributed by atoms with van der Waals surface area (Å²) in [5.74, 6) is 0. The molecule has 108 valence electrons. The van der Waals surface area contributed by atoms with Crippen LogP contribution in [0, 0.1) is 0 Å². The van der Waals surface area contributed by atoms with Gasteiger partial charge in [0, 0.05) is 32.7 Å². The highest BCUT2D eigenvalue weighted by Crippen LogP contribution is 2.24. The van der Waals surface area contributed by atoms with Crippen molar-refractivity contribution in [2.45, 2.75) is 57.5 Å². The number of unbranched alkanes of at least 4 members (excludes halogenated alkanes) is 1. The first-order valence-electron chi connectivity index (χ1n) is 6.84. The third-order valence-electron chi connectivity index (χ3n) is 3.84. The first-order valence-corrected chi connectivity index (χ1v) is 8.24. The molecule has 0 aromatic heterocycles. The Kier molecular flexibility index (Phi) is 6.04. The highest BCUT2D eigenvalue weighted by atomic mass is 32.2. The molecule has 0 aliphatic heterocycles. The van der Waals surface area contributed by atoms with Crippen LogP contribution in [0.5, 0.6) is 0 Å². The van der Waals surface area contributed by atoms with Crippen LogP contribution in [0.3, 0.4) is 0 Å². The highest BCUT2D eigenvalue weighted by Gasteiger charge is 2.31. The minimum absolute atomic E-state index is 0.110. The van der Waals surface area contributed by atoms with Crippen LogP contribution in [0.4, 0.5) is 0 Å². The molecule has 1 saturated carbocycles. The summed E-state index contributed by atoms with van der Waals surface area (Å²) in [5.41, 5.74) is 5.85. The minimum atomic E-state index is -3.30. The number of nitrogens with two attached hydrogens (primary N) is 1. The molecule has 0 saturated heterocycles. The fourth-order valence-electron chi connectivity index (χ4n) is 2.37. The van der Waals surface area contributed by atoms with E-state index in [0.29, 0.717) is 6.54 Å². The van der Waals surface area contributed by atoms with Gasteiger partial charge in [-0.15, -0.1) is 0 Å². The Morgan fingerprint density at radius 1 is 1.17 bits per heavy atom. The second kappa shape index (κ2) is 6.84. The largest absolute Gasteiger partial charge is 0.328 e. The Labute approximate surface area is 112 Å². The van der Waals surface area contributed by atoms with E-state index in [-0.39, 0.29) is 12.1 Å². The molecule has 6 heteroatoms. The van der Waals surface area contributed by atoms with E-state index in [9.17, 15) is 8.42 Å². The lowest BCUT2D eigenvalue weighted by Gasteiger charge is -2.34. The van der Waals surface area contributed by atoms with Gasteiger partial charge < -0.3 is 5.73 Å². The quantitative estimate of drug-likeness (QED) is 0.792. The third-order valence-corrected chi connectivity index (χ3v) is 5.84. The molecular formula is C12H27N3O2S. The van der Waals surface area contributed by atoms with Gasteiger partial charge in [-0.2, -0.15) is 17.0 Å². The molecule has 1 rings (SSSR count). The summed E-state index contributed by atoms with van der Waals surface area (Å²) < 4.78 is 27.7. The van der Waals surface area contributed by atoms with Crippen LogP contribution < -0.4 is 5.73 Å². The minimum Gasteiger partial charge on any atom is -0.328 e. The van der Waals surface area contributed by atoms with E-state index in [0.717, 1.165) is 38.5 Å². The van der Waals surface area contributed by atoms with Crippen LogP contribution in [0.1, 0.15) is 45.4 Å². The number of rotatable bonds is 6. The molecule has 0 bridgehead atoms. The van der Waals surface area contributed by atoms with Gasteiger partial charge in [-0.1, -0.05) is 13.3 Å². The molecule has 1 fully saturated rings. The normalized spacial score (nSPS) is 25.9. The molecule has 0 amide bonds. The van der Waals surface area contributed by atoms with Gasteiger partial charge in [0.05, 0.1) is 0 Å². The highest BCUT2D eigenvalue weighted by molar-refractivity contribution is 7.86. The first-order chi connectivity index (χ1) is 8.39. The summed E-state index contributed by atoms with van der Waals surface area (Å²) in [6.45, 7) is 2.65. The van der Waals surface area contributed by atoms with Crippen molar-refractivity contribution < 1.29 is 8.42 Å². The standard InChI is InChI=1S/C12H27N3O2S/c1-4-5-10-14(2)18(16,17)15(3)12-8-6-11(13)7-9-12/h11-12H,4-10,13H2,1-3H3. The maximum atomic E-state index is 12.3. The zero-order valence-electron chi connectivity index (χ0n) is 11.8. The van der Waals surface area contributed by atoms with Crippen LogP contribution in [0.2, 0.25) is 0 Å². The van der Waals surface area contributed by atoms with E-state index in [1.807, 2.05) is 0 Å². The Bertz CT molecular complexity index is 337. The van der Waals surface area contributed by atoms with Crippen LogP contribution in [-0.2, 0) is 10.2 Å². The molecule has 0 heterocycles. The summed E-state index contributed by atoms with van der Waals surface area (Å²) in [7, 11) is 0.0540. The molecule has 0 unspecified atom stereocenters. The zero-order chi connectivity index (χ0) is 13.8. The maximum Gasteiger partial charge on any atom is 0.281 e. The van der Waals surface area contributed by atoms with E-state index in [1.54, 1.807) is 14.1 Å². The van der Waals surface area contributed by atoms with E-state index >= 15 is 0 Å². The zero-order valence-corrected chi connectivity index (χ0v) is 12.6. The molecular weight excluding hydrogens is 250 g/mol. The Hall–Kier alpha value is -0.170. The monoisotopic (exact) mass is 277 g/mol. The Morgan fingerprint density at radius 2 is 1.72 bits per heavy atom. The number of hydrogen-bond acceptors (Lipinski definition) is 3. The predicted octanol–water partition coefficient (Wildman–Crippen LogP) is 1.16. The van der Waals surface area contributed by atoms with Gasteiger partial charge in [-0.05, 0) is 32.1 Å². The van der Waals surface area contributed by atoms with Gasteiger partial charge in [0.25, 0.3) is 10.2 Å². The molecule has 0 atom stereocenters. The number of nitrogens with zero attached hydrogens (tertiary/aromatic N) is 2. The van der Waals surface area contributed by atoms with Crippen molar-refractivity contribution in [1.82, 2.24) is 8.61 Å². The third kappa shape index (κ3) is 3.91. The summed E-state index contributed by atoms with van der Waals surface area (Å²) >= 11 is 0. The molecule has 0 aromatic rings. The van der Waals surface area contributed by atoms with E-state index in [2.05, 4.69) is 6.92 Å². The van der Waals surface area contributed by atoms with Crippen LogP contribution in [0.15, 0.2) is 0 Å². The molecule has 0 radical (unpaired) electrons. The lowest BCUT2D eigenvalue weighted by atomic mass is 9.92.